The average molecular weight is 341 g/mol. The maximum absolute atomic E-state index is 12.4. The summed E-state index contributed by atoms with van der Waals surface area (Å²) in [7, 11) is 3.75. The minimum Gasteiger partial charge on any atom is -0.340 e. The molecular formula is C19H27N5O. The van der Waals surface area contributed by atoms with Gasteiger partial charge in [-0.15, -0.1) is 0 Å². The van der Waals surface area contributed by atoms with E-state index >= 15 is 0 Å². The van der Waals surface area contributed by atoms with Gasteiger partial charge in [0.25, 0.3) is 0 Å². The summed E-state index contributed by atoms with van der Waals surface area (Å²) in [6, 6.07) is 10.6. The third-order valence-electron chi connectivity index (χ3n) is 4.68. The van der Waals surface area contributed by atoms with Gasteiger partial charge < -0.3 is 4.90 Å². The van der Waals surface area contributed by atoms with Crippen LogP contribution in [0, 0.1) is 0 Å². The van der Waals surface area contributed by atoms with E-state index in [-0.39, 0.29) is 5.91 Å². The van der Waals surface area contributed by atoms with Gasteiger partial charge in [0, 0.05) is 65.1 Å². The second-order valence-corrected chi connectivity index (χ2v) is 6.81. The van der Waals surface area contributed by atoms with E-state index in [4.69, 9.17) is 0 Å². The molecular weight excluding hydrogens is 314 g/mol. The lowest BCUT2D eigenvalue weighted by molar-refractivity contribution is -0.132. The number of hydrogen-bond acceptors (Lipinski definition) is 4. The summed E-state index contributed by atoms with van der Waals surface area (Å²) in [4.78, 5) is 18.9. The van der Waals surface area contributed by atoms with E-state index in [1.54, 1.807) is 9.58 Å². The summed E-state index contributed by atoms with van der Waals surface area (Å²) in [5, 5.41) is 4.15. The lowest BCUT2D eigenvalue weighted by Gasteiger charge is -2.35. The molecule has 0 unspecified atom stereocenters. The Morgan fingerprint density at radius 2 is 1.76 bits per heavy atom. The van der Waals surface area contributed by atoms with Gasteiger partial charge in [-0.2, -0.15) is 5.10 Å². The van der Waals surface area contributed by atoms with Crippen molar-refractivity contribution < 1.29 is 4.79 Å². The van der Waals surface area contributed by atoms with Gasteiger partial charge in [0.1, 0.15) is 0 Å². The van der Waals surface area contributed by atoms with Crippen LogP contribution in [0.1, 0.15) is 11.1 Å². The fourth-order valence-electron chi connectivity index (χ4n) is 3.17. The molecule has 0 saturated carbocycles. The van der Waals surface area contributed by atoms with Crippen LogP contribution in [0.15, 0.2) is 42.7 Å². The Bertz CT molecular complexity index is 676. The van der Waals surface area contributed by atoms with Crippen LogP contribution in [0.4, 0.5) is 0 Å². The lowest BCUT2D eigenvalue weighted by Crippen LogP contribution is -2.49. The van der Waals surface area contributed by atoms with Crippen LogP contribution in [-0.2, 0) is 24.9 Å². The lowest BCUT2D eigenvalue weighted by atomic mass is 10.2. The summed E-state index contributed by atoms with van der Waals surface area (Å²) in [6.45, 7) is 6.00. The highest BCUT2D eigenvalue weighted by Gasteiger charge is 2.20. The van der Waals surface area contributed by atoms with E-state index in [1.807, 2.05) is 26.5 Å². The highest BCUT2D eigenvalue weighted by Crippen LogP contribution is 2.09. The van der Waals surface area contributed by atoms with Crippen molar-refractivity contribution in [2.45, 2.75) is 13.1 Å². The SMILES string of the molecule is CN(Cc1cnn(C)c1)C(=O)CN1CCN(Cc2ccccc2)CC1. The van der Waals surface area contributed by atoms with Crippen molar-refractivity contribution in [3.8, 4) is 0 Å². The predicted octanol–water partition coefficient (Wildman–Crippen LogP) is 1.20. The van der Waals surface area contributed by atoms with E-state index < -0.39 is 0 Å². The molecule has 1 aliphatic heterocycles. The number of likely N-dealkylation sites (N-methyl/N-ethyl adjacent to an activating group) is 1. The van der Waals surface area contributed by atoms with Crippen molar-refractivity contribution in [2.24, 2.45) is 7.05 Å². The minimum absolute atomic E-state index is 0.167. The molecule has 2 aromatic rings. The molecule has 0 atom stereocenters. The summed E-state index contributed by atoms with van der Waals surface area (Å²) in [5.74, 6) is 0.167. The van der Waals surface area contributed by atoms with Gasteiger partial charge >= 0.3 is 0 Å². The van der Waals surface area contributed by atoms with Crippen molar-refractivity contribution in [2.75, 3.05) is 39.8 Å². The van der Waals surface area contributed by atoms with Crippen LogP contribution in [0.5, 0.6) is 0 Å². The average Bonchev–Trinajstić information content (AvgIpc) is 3.02. The Kier molecular flexibility index (Phi) is 5.83. The van der Waals surface area contributed by atoms with Crippen molar-refractivity contribution in [3.63, 3.8) is 0 Å². The number of benzene rings is 1. The van der Waals surface area contributed by atoms with Crippen LogP contribution in [-0.4, -0.2) is 70.2 Å². The highest BCUT2D eigenvalue weighted by atomic mass is 16.2. The smallest absolute Gasteiger partial charge is 0.236 e. The van der Waals surface area contributed by atoms with Crippen molar-refractivity contribution in [1.82, 2.24) is 24.5 Å². The van der Waals surface area contributed by atoms with Gasteiger partial charge in [0.2, 0.25) is 5.91 Å². The van der Waals surface area contributed by atoms with E-state index in [0.717, 1.165) is 38.3 Å². The summed E-state index contributed by atoms with van der Waals surface area (Å²) in [6.07, 6.45) is 3.76. The van der Waals surface area contributed by atoms with Gasteiger partial charge in [-0.1, -0.05) is 30.3 Å². The first-order valence-corrected chi connectivity index (χ1v) is 8.80. The van der Waals surface area contributed by atoms with E-state index in [0.29, 0.717) is 13.1 Å². The van der Waals surface area contributed by atoms with E-state index in [9.17, 15) is 4.79 Å². The minimum atomic E-state index is 0.167. The zero-order valence-electron chi connectivity index (χ0n) is 15.1. The largest absolute Gasteiger partial charge is 0.340 e. The summed E-state index contributed by atoms with van der Waals surface area (Å²) < 4.78 is 1.76. The molecule has 3 rings (SSSR count). The summed E-state index contributed by atoms with van der Waals surface area (Å²) in [5.41, 5.74) is 2.41. The first-order valence-electron chi connectivity index (χ1n) is 8.80. The first kappa shape index (κ1) is 17.6. The molecule has 1 aromatic heterocycles. The topological polar surface area (TPSA) is 44.6 Å². The maximum Gasteiger partial charge on any atom is 0.236 e. The fourth-order valence-corrected chi connectivity index (χ4v) is 3.17. The second-order valence-electron chi connectivity index (χ2n) is 6.81. The Morgan fingerprint density at radius 3 is 2.40 bits per heavy atom. The molecule has 0 aliphatic carbocycles. The van der Waals surface area contributed by atoms with Crippen LogP contribution >= 0.6 is 0 Å². The van der Waals surface area contributed by atoms with E-state index in [2.05, 4.69) is 45.2 Å². The Hall–Kier alpha value is -2.18. The number of rotatable bonds is 6. The Labute approximate surface area is 149 Å². The maximum atomic E-state index is 12.4. The number of piperazine rings is 1. The monoisotopic (exact) mass is 341 g/mol. The van der Waals surface area contributed by atoms with Crippen LogP contribution in [0.25, 0.3) is 0 Å². The molecule has 1 aromatic carbocycles. The van der Waals surface area contributed by atoms with Crippen molar-refractivity contribution in [1.29, 1.82) is 0 Å². The molecule has 0 N–H and O–H groups in total. The predicted molar refractivity (Wildman–Crippen MR) is 97.8 cm³/mol. The quantitative estimate of drug-likeness (QED) is 0.792. The summed E-state index contributed by atoms with van der Waals surface area (Å²) >= 11 is 0. The molecule has 6 nitrogen and oxygen atoms in total. The van der Waals surface area contributed by atoms with Gasteiger partial charge in [-0.05, 0) is 5.56 Å². The Morgan fingerprint density at radius 1 is 1.08 bits per heavy atom. The number of carbonyl (C=O) groups is 1. The zero-order chi connectivity index (χ0) is 17.6. The molecule has 1 aliphatic rings. The molecule has 1 amide bonds. The molecule has 25 heavy (non-hydrogen) atoms. The van der Waals surface area contributed by atoms with Crippen LogP contribution < -0.4 is 0 Å². The van der Waals surface area contributed by atoms with Gasteiger partial charge in [0.15, 0.2) is 0 Å². The third-order valence-corrected chi connectivity index (χ3v) is 4.68. The molecule has 2 heterocycles. The molecule has 1 fully saturated rings. The van der Waals surface area contributed by atoms with Crippen LogP contribution in [0.2, 0.25) is 0 Å². The molecule has 0 spiro atoms. The van der Waals surface area contributed by atoms with E-state index in [1.165, 1.54) is 5.56 Å². The number of hydrogen-bond donors (Lipinski definition) is 0. The standard InChI is InChI=1S/C19H27N5O/c1-21(13-18-12-20-22(2)14-18)19(25)16-24-10-8-23(9-11-24)15-17-6-4-3-5-7-17/h3-7,12,14H,8-11,13,15-16H2,1-2H3. The number of nitrogens with zero attached hydrogens (tertiary/aromatic N) is 5. The Balaban J connectivity index is 1.41. The second kappa shape index (κ2) is 8.27. The number of aryl methyl sites for hydroxylation is 1. The third kappa shape index (κ3) is 5.14. The zero-order valence-corrected chi connectivity index (χ0v) is 15.1. The van der Waals surface area contributed by atoms with Gasteiger partial charge in [-0.3, -0.25) is 19.3 Å². The normalized spacial score (nSPS) is 16.1. The molecule has 1 saturated heterocycles. The number of amides is 1. The first-order chi connectivity index (χ1) is 12.1. The molecule has 0 bridgehead atoms. The van der Waals surface area contributed by atoms with Gasteiger partial charge in [-0.25, -0.2) is 0 Å². The van der Waals surface area contributed by atoms with Crippen molar-refractivity contribution >= 4 is 5.91 Å². The highest BCUT2D eigenvalue weighted by molar-refractivity contribution is 5.78. The molecule has 134 valence electrons. The fraction of sp³-hybridized carbons (Fsp3) is 0.474. The van der Waals surface area contributed by atoms with Crippen molar-refractivity contribution in [3.05, 3.63) is 53.9 Å². The van der Waals surface area contributed by atoms with Gasteiger partial charge in [0.05, 0.1) is 12.7 Å². The number of carbonyl (C=O) groups excluding carboxylic acids is 1. The number of aromatic nitrogens is 2. The molecule has 6 heteroatoms. The van der Waals surface area contributed by atoms with Crippen LogP contribution in [0.3, 0.4) is 0 Å². The molecule has 0 radical (unpaired) electrons.